The second kappa shape index (κ2) is 8.29. The van der Waals surface area contributed by atoms with Crippen molar-refractivity contribution in [2.45, 2.75) is 82.9 Å². The van der Waals surface area contributed by atoms with E-state index in [4.69, 9.17) is 0 Å². The average Bonchev–Trinajstić information content (AvgIpc) is 2.62. The van der Waals surface area contributed by atoms with Crippen LogP contribution in [0.5, 0.6) is 0 Å². The Hall–Kier alpha value is -1.17. The van der Waals surface area contributed by atoms with Gasteiger partial charge in [0.2, 0.25) is 0 Å². The van der Waals surface area contributed by atoms with Crippen molar-refractivity contribution < 1.29 is 27.1 Å². The molecule has 0 amide bonds. The lowest BCUT2D eigenvalue weighted by Gasteiger charge is -2.41. The van der Waals surface area contributed by atoms with Gasteiger partial charge in [-0.25, -0.2) is 8.78 Å². The van der Waals surface area contributed by atoms with E-state index >= 15 is 0 Å². The van der Waals surface area contributed by atoms with Crippen molar-refractivity contribution in [2.24, 2.45) is 17.8 Å². The summed E-state index contributed by atoms with van der Waals surface area (Å²) in [5.41, 5.74) is -3.99. The van der Waals surface area contributed by atoms with E-state index in [1.807, 2.05) is 0 Å². The number of aliphatic hydroxyl groups is 1. The molecule has 2 saturated carbocycles. The van der Waals surface area contributed by atoms with Gasteiger partial charge < -0.3 is 5.11 Å². The fraction of sp³-hybridized carbons (Fsp3) is 0.727. The molecule has 0 aromatic heterocycles. The molecule has 1 N–H and O–H groups in total. The van der Waals surface area contributed by atoms with Crippen LogP contribution in [0.3, 0.4) is 0 Å². The molecular weight excluding hydrogens is 375 g/mol. The van der Waals surface area contributed by atoms with E-state index in [1.165, 1.54) is 25.7 Å². The minimum absolute atomic E-state index is 0.215. The molecule has 2 fully saturated rings. The van der Waals surface area contributed by atoms with Crippen molar-refractivity contribution in [3.63, 3.8) is 0 Å². The average molecular weight is 404 g/mol. The number of alkyl halides is 3. The number of benzene rings is 1. The van der Waals surface area contributed by atoms with E-state index < -0.39 is 34.5 Å². The summed E-state index contributed by atoms with van der Waals surface area (Å²) in [5.74, 6) is -1.51. The zero-order valence-corrected chi connectivity index (χ0v) is 16.3. The van der Waals surface area contributed by atoms with Crippen LogP contribution in [0.4, 0.5) is 22.0 Å². The maximum Gasteiger partial charge on any atom is 0.422 e. The predicted molar refractivity (Wildman–Crippen MR) is 97.6 cm³/mol. The minimum Gasteiger partial charge on any atom is -0.385 e. The van der Waals surface area contributed by atoms with Crippen molar-refractivity contribution in [3.8, 4) is 0 Å². The topological polar surface area (TPSA) is 20.2 Å². The molecule has 28 heavy (non-hydrogen) atoms. The van der Waals surface area contributed by atoms with Crippen LogP contribution in [0.25, 0.3) is 0 Å². The lowest BCUT2D eigenvalue weighted by atomic mass is 9.66. The summed E-state index contributed by atoms with van der Waals surface area (Å²) >= 11 is 0. The van der Waals surface area contributed by atoms with Crippen LogP contribution < -0.4 is 0 Å². The summed E-state index contributed by atoms with van der Waals surface area (Å²) in [5, 5.41) is 10.9. The molecule has 1 aromatic rings. The number of halogens is 5. The van der Waals surface area contributed by atoms with Crippen molar-refractivity contribution in [3.05, 3.63) is 34.9 Å². The van der Waals surface area contributed by atoms with Gasteiger partial charge in [0.25, 0.3) is 0 Å². The number of hydrogen-bond acceptors (Lipinski definition) is 1. The number of rotatable bonds is 4. The van der Waals surface area contributed by atoms with Crippen LogP contribution >= 0.6 is 0 Å². The fourth-order valence-corrected chi connectivity index (χ4v) is 5.39. The normalized spacial score (nSPS) is 31.8. The molecule has 158 valence electrons. The standard InChI is InChI=1S/C22H29F5O/c1-2-3-14-4-6-15(7-5-14)16-10-12-21(28,13-11-16)17-8-9-18(23)19(20(17)24)22(25,26)27/h8-9,14-16,28H,2-7,10-13H2,1H3. The molecule has 0 bridgehead atoms. The van der Waals surface area contributed by atoms with E-state index in [2.05, 4.69) is 6.92 Å². The quantitative estimate of drug-likeness (QED) is 0.538. The van der Waals surface area contributed by atoms with Crippen molar-refractivity contribution >= 4 is 0 Å². The molecule has 0 radical (unpaired) electrons. The highest BCUT2D eigenvalue weighted by Crippen LogP contribution is 2.48. The second-order valence-corrected chi connectivity index (χ2v) is 8.72. The Labute approximate surface area is 163 Å². The number of hydrogen-bond donors (Lipinski definition) is 1. The van der Waals surface area contributed by atoms with Crippen LogP contribution in [0.1, 0.15) is 82.3 Å². The summed E-state index contributed by atoms with van der Waals surface area (Å²) in [6.45, 7) is 2.20. The summed E-state index contributed by atoms with van der Waals surface area (Å²) in [7, 11) is 0. The smallest absolute Gasteiger partial charge is 0.385 e. The first-order valence-electron chi connectivity index (χ1n) is 10.4. The third-order valence-electron chi connectivity index (χ3n) is 6.99. The summed E-state index contributed by atoms with van der Waals surface area (Å²) in [6.07, 6.45) is 3.87. The zero-order valence-electron chi connectivity index (χ0n) is 16.3. The van der Waals surface area contributed by atoms with E-state index in [9.17, 15) is 27.1 Å². The van der Waals surface area contributed by atoms with E-state index in [-0.39, 0.29) is 12.8 Å². The van der Waals surface area contributed by atoms with Gasteiger partial charge in [-0.2, -0.15) is 13.2 Å². The molecule has 3 rings (SSSR count). The molecular formula is C22H29F5O. The minimum atomic E-state index is -5.13. The fourth-order valence-electron chi connectivity index (χ4n) is 5.39. The van der Waals surface area contributed by atoms with Gasteiger partial charge >= 0.3 is 6.18 Å². The Bertz CT molecular complexity index is 668. The second-order valence-electron chi connectivity index (χ2n) is 8.72. The Balaban J connectivity index is 1.69. The molecule has 0 aliphatic heterocycles. The van der Waals surface area contributed by atoms with Crippen LogP contribution in [0.2, 0.25) is 0 Å². The van der Waals surface area contributed by atoms with Gasteiger partial charge in [0.05, 0.1) is 5.60 Å². The first kappa shape index (κ1) is 21.5. The first-order chi connectivity index (χ1) is 13.2. The van der Waals surface area contributed by atoms with Crippen molar-refractivity contribution in [1.82, 2.24) is 0 Å². The van der Waals surface area contributed by atoms with Gasteiger partial charge in [-0.3, -0.25) is 0 Å². The molecule has 1 aromatic carbocycles. The highest BCUT2D eigenvalue weighted by Gasteiger charge is 2.44. The molecule has 0 heterocycles. The van der Waals surface area contributed by atoms with Crippen LogP contribution in [0, 0.1) is 29.4 Å². The van der Waals surface area contributed by atoms with Crippen molar-refractivity contribution in [2.75, 3.05) is 0 Å². The molecule has 0 saturated heterocycles. The third kappa shape index (κ3) is 4.37. The lowest BCUT2D eigenvalue weighted by Crippen LogP contribution is -2.36. The lowest BCUT2D eigenvalue weighted by molar-refractivity contribution is -0.143. The molecule has 6 heteroatoms. The highest BCUT2D eigenvalue weighted by atomic mass is 19.4. The SMILES string of the molecule is CCCC1CCC(C2CCC(O)(c3ccc(F)c(C(F)(F)F)c3F)CC2)CC1. The van der Waals surface area contributed by atoms with E-state index in [0.717, 1.165) is 24.8 Å². The summed E-state index contributed by atoms with van der Waals surface area (Å²) in [6, 6.07) is 1.58. The molecule has 0 spiro atoms. The van der Waals surface area contributed by atoms with E-state index in [1.54, 1.807) is 0 Å². The molecule has 2 aliphatic rings. The third-order valence-corrected chi connectivity index (χ3v) is 6.99. The van der Waals surface area contributed by atoms with Gasteiger partial charge in [0, 0.05) is 5.56 Å². The molecule has 1 nitrogen and oxygen atoms in total. The van der Waals surface area contributed by atoms with E-state index in [0.29, 0.717) is 30.7 Å². The largest absolute Gasteiger partial charge is 0.422 e. The molecule has 0 unspecified atom stereocenters. The molecule has 2 aliphatic carbocycles. The maximum absolute atomic E-state index is 14.5. The summed E-state index contributed by atoms with van der Waals surface area (Å²) < 4.78 is 67.1. The zero-order chi connectivity index (χ0) is 20.5. The van der Waals surface area contributed by atoms with Gasteiger partial charge in [-0.15, -0.1) is 0 Å². The maximum atomic E-state index is 14.5. The summed E-state index contributed by atoms with van der Waals surface area (Å²) in [4.78, 5) is 0. The van der Waals surface area contributed by atoms with Gasteiger partial charge in [0.15, 0.2) is 0 Å². The monoisotopic (exact) mass is 404 g/mol. The van der Waals surface area contributed by atoms with Crippen LogP contribution in [0.15, 0.2) is 12.1 Å². The Morgan fingerprint density at radius 3 is 2.07 bits per heavy atom. The van der Waals surface area contributed by atoms with Crippen molar-refractivity contribution in [1.29, 1.82) is 0 Å². The van der Waals surface area contributed by atoms with Crippen LogP contribution in [-0.4, -0.2) is 5.11 Å². The highest BCUT2D eigenvalue weighted by molar-refractivity contribution is 5.34. The Morgan fingerprint density at radius 2 is 1.54 bits per heavy atom. The first-order valence-corrected chi connectivity index (χ1v) is 10.4. The van der Waals surface area contributed by atoms with Gasteiger partial charge in [0.1, 0.15) is 17.2 Å². The van der Waals surface area contributed by atoms with Gasteiger partial charge in [-0.1, -0.05) is 38.7 Å². The van der Waals surface area contributed by atoms with Gasteiger partial charge in [-0.05, 0) is 62.3 Å². The Morgan fingerprint density at radius 1 is 0.964 bits per heavy atom. The molecule has 0 atom stereocenters. The van der Waals surface area contributed by atoms with Crippen LogP contribution in [-0.2, 0) is 11.8 Å². The predicted octanol–water partition coefficient (Wildman–Crippen LogP) is 6.97. The Kier molecular flexibility index (Phi) is 6.38.